The summed E-state index contributed by atoms with van der Waals surface area (Å²) in [6.45, 7) is 12.4. The molecule has 1 unspecified atom stereocenters. The Kier molecular flexibility index (Phi) is 5.18. The van der Waals surface area contributed by atoms with Gasteiger partial charge >= 0.3 is 5.97 Å². The van der Waals surface area contributed by atoms with Crippen molar-refractivity contribution < 1.29 is 9.90 Å². The minimum absolute atomic E-state index is 0.135. The van der Waals surface area contributed by atoms with E-state index in [9.17, 15) is 4.79 Å². The lowest BCUT2D eigenvalue weighted by atomic mass is 9.76. The highest BCUT2D eigenvalue weighted by molar-refractivity contribution is 5.88. The average Bonchev–Trinajstić information content (AvgIpc) is 2.61. The number of aromatic carboxylic acids is 1. The van der Waals surface area contributed by atoms with Gasteiger partial charge in [-0.15, -0.1) is 0 Å². The highest BCUT2D eigenvalue weighted by Gasteiger charge is 2.32. The number of carbonyl (C=O) groups is 1. The first-order valence-electron chi connectivity index (χ1n) is 9.70. The lowest BCUT2D eigenvalue weighted by Gasteiger charge is -2.42. The molecule has 144 valence electrons. The largest absolute Gasteiger partial charge is 0.478 e. The second-order valence-corrected chi connectivity index (χ2v) is 8.45. The Bertz CT molecular complexity index is 825. The number of hydrogen-bond donors (Lipinski definition) is 2. The Morgan fingerprint density at radius 3 is 2.37 bits per heavy atom. The molecule has 0 spiro atoms. The van der Waals surface area contributed by atoms with Gasteiger partial charge in [0.2, 0.25) is 0 Å². The summed E-state index contributed by atoms with van der Waals surface area (Å²) >= 11 is 0. The van der Waals surface area contributed by atoms with Gasteiger partial charge in [0.1, 0.15) is 0 Å². The maximum Gasteiger partial charge on any atom is 0.335 e. The molecule has 0 amide bonds. The average molecular weight is 367 g/mol. The molecule has 0 radical (unpaired) electrons. The molecule has 3 rings (SSSR count). The summed E-state index contributed by atoms with van der Waals surface area (Å²) in [4.78, 5) is 13.5. The maximum absolute atomic E-state index is 11.0. The van der Waals surface area contributed by atoms with Crippen molar-refractivity contribution in [3.05, 3.63) is 59.2 Å². The van der Waals surface area contributed by atoms with E-state index in [2.05, 4.69) is 63.0 Å². The smallest absolute Gasteiger partial charge is 0.335 e. The summed E-state index contributed by atoms with van der Waals surface area (Å²) in [5, 5.41) is 12.5. The van der Waals surface area contributed by atoms with Crippen molar-refractivity contribution >= 4 is 17.3 Å². The van der Waals surface area contributed by atoms with Gasteiger partial charge in [0.05, 0.1) is 5.56 Å². The Morgan fingerprint density at radius 1 is 1.11 bits per heavy atom. The molecule has 1 aliphatic heterocycles. The van der Waals surface area contributed by atoms with Gasteiger partial charge in [-0.05, 0) is 74.1 Å². The fraction of sp³-hybridized carbons (Fsp3) is 0.435. The predicted octanol–water partition coefficient (Wildman–Crippen LogP) is 5.45. The molecule has 0 aliphatic carbocycles. The summed E-state index contributed by atoms with van der Waals surface area (Å²) in [5.41, 5.74) is 5.40. The van der Waals surface area contributed by atoms with Crippen LogP contribution >= 0.6 is 0 Å². The van der Waals surface area contributed by atoms with Crippen LogP contribution in [0.3, 0.4) is 0 Å². The number of carboxylic acid groups (broad SMARTS) is 1. The summed E-state index contributed by atoms with van der Waals surface area (Å²) in [6, 6.07) is 14.3. The van der Waals surface area contributed by atoms with Crippen LogP contribution in [0.15, 0.2) is 42.5 Å². The number of rotatable bonds is 5. The number of nitrogens with one attached hydrogen (secondary N) is 1. The van der Waals surface area contributed by atoms with Gasteiger partial charge < -0.3 is 15.3 Å². The van der Waals surface area contributed by atoms with E-state index in [0.717, 1.165) is 18.7 Å². The summed E-state index contributed by atoms with van der Waals surface area (Å²) in [5.74, 6) is -0.902. The SMILES string of the molecule is CC(Nc1ccc(C(=O)O)cc1)c1ccc2c(c1)C(C)(C)CCN2C(C)C. The van der Waals surface area contributed by atoms with Crippen LogP contribution in [0.25, 0.3) is 0 Å². The molecule has 0 bridgehead atoms. The molecule has 4 nitrogen and oxygen atoms in total. The highest BCUT2D eigenvalue weighted by Crippen LogP contribution is 2.41. The number of benzene rings is 2. The summed E-state index contributed by atoms with van der Waals surface area (Å²) in [6.07, 6.45) is 1.15. The molecule has 1 aliphatic rings. The van der Waals surface area contributed by atoms with Crippen molar-refractivity contribution in [2.45, 2.75) is 58.5 Å². The second-order valence-electron chi connectivity index (χ2n) is 8.45. The molecule has 2 N–H and O–H groups in total. The Balaban J connectivity index is 1.85. The van der Waals surface area contributed by atoms with Crippen LogP contribution in [0, 0.1) is 0 Å². The van der Waals surface area contributed by atoms with Gasteiger partial charge in [0.25, 0.3) is 0 Å². The molecule has 0 saturated carbocycles. The monoisotopic (exact) mass is 366 g/mol. The molecule has 1 atom stereocenters. The van der Waals surface area contributed by atoms with Crippen molar-refractivity contribution in [2.24, 2.45) is 0 Å². The van der Waals surface area contributed by atoms with Gasteiger partial charge in [-0.1, -0.05) is 26.0 Å². The van der Waals surface area contributed by atoms with Crippen LogP contribution in [0.2, 0.25) is 0 Å². The van der Waals surface area contributed by atoms with Crippen LogP contribution in [-0.4, -0.2) is 23.7 Å². The predicted molar refractivity (Wildman–Crippen MR) is 112 cm³/mol. The zero-order valence-corrected chi connectivity index (χ0v) is 16.9. The van der Waals surface area contributed by atoms with Crippen molar-refractivity contribution in [3.63, 3.8) is 0 Å². The van der Waals surface area contributed by atoms with Crippen LogP contribution < -0.4 is 10.2 Å². The van der Waals surface area contributed by atoms with E-state index in [-0.39, 0.29) is 11.5 Å². The van der Waals surface area contributed by atoms with Gasteiger partial charge in [0, 0.05) is 30.0 Å². The molecule has 0 aromatic heterocycles. The van der Waals surface area contributed by atoms with Crippen molar-refractivity contribution in [1.82, 2.24) is 0 Å². The van der Waals surface area contributed by atoms with Gasteiger partial charge in [-0.25, -0.2) is 4.79 Å². The molecule has 2 aromatic carbocycles. The number of hydrogen-bond acceptors (Lipinski definition) is 3. The Labute approximate surface area is 162 Å². The van der Waals surface area contributed by atoms with Crippen LogP contribution in [-0.2, 0) is 5.41 Å². The molecule has 0 saturated heterocycles. The Hall–Kier alpha value is -2.49. The highest BCUT2D eigenvalue weighted by atomic mass is 16.4. The van der Waals surface area contributed by atoms with Gasteiger partial charge in [0.15, 0.2) is 0 Å². The molecular weight excluding hydrogens is 336 g/mol. The van der Waals surface area contributed by atoms with E-state index in [1.807, 2.05) is 12.1 Å². The van der Waals surface area contributed by atoms with Crippen molar-refractivity contribution in [1.29, 1.82) is 0 Å². The van der Waals surface area contributed by atoms with E-state index in [4.69, 9.17) is 5.11 Å². The zero-order valence-electron chi connectivity index (χ0n) is 16.9. The first kappa shape index (κ1) is 19.3. The first-order chi connectivity index (χ1) is 12.7. The fourth-order valence-corrected chi connectivity index (χ4v) is 3.85. The minimum atomic E-state index is -0.902. The quantitative estimate of drug-likeness (QED) is 0.738. The Morgan fingerprint density at radius 2 is 1.78 bits per heavy atom. The van der Waals surface area contributed by atoms with Crippen LogP contribution in [0.4, 0.5) is 11.4 Å². The molecule has 0 fully saturated rings. The van der Waals surface area contributed by atoms with E-state index in [1.165, 1.54) is 16.8 Å². The third-order valence-electron chi connectivity index (χ3n) is 5.68. The summed E-state index contributed by atoms with van der Waals surface area (Å²) < 4.78 is 0. The van der Waals surface area contributed by atoms with Gasteiger partial charge in [-0.3, -0.25) is 0 Å². The van der Waals surface area contributed by atoms with Crippen LogP contribution in [0.1, 0.15) is 68.6 Å². The minimum Gasteiger partial charge on any atom is -0.478 e. The molecule has 4 heteroatoms. The number of anilines is 2. The summed E-state index contributed by atoms with van der Waals surface area (Å²) in [7, 11) is 0. The van der Waals surface area contributed by atoms with Crippen molar-refractivity contribution in [2.75, 3.05) is 16.8 Å². The number of nitrogens with zero attached hydrogens (tertiary/aromatic N) is 1. The maximum atomic E-state index is 11.0. The molecule has 2 aromatic rings. The first-order valence-corrected chi connectivity index (χ1v) is 9.70. The van der Waals surface area contributed by atoms with Crippen molar-refractivity contribution in [3.8, 4) is 0 Å². The number of carboxylic acids is 1. The lowest BCUT2D eigenvalue weighted by Crippen LogP contribution is -2.41. The molecular formula is C23H30N2O2. The fourth-order valence-electron chi connectivity index (χ4n) is 3.85. The molecule has 1 heterocycles. The number of fused-ring (bicyclic) bond motifs is 1. The second kappa shape index (κ2) is 7.26. The zero-order chi connectivity index (χ0) is 19.8. The van der Waals surface area contributed by atoms with E-state index < -0.39 is 5.97 Å². The third-order valence-corrected chi connectivity index (χ3v) is 5.68. The van der Waals surface area contributed by atoms with E-state index in [1.54, 1.807) is 12.1 Å². The van der Waals surface area contributed by atoms with E-state index in [0.29, 0.717) is 11.6 Å². The molecule has 27 heavy (non-hydrogen) atoms. The lowest BCUT2D eigenvalue weighted by molar-refractivity contribution is 0.0697. The normalized spacial score (nSPS) is 16.7. The van der Waals surface area contributed by atoms with Crippen LogP contribution in [0.5, 0.6) is 0 Å². The van der Waals surface area contributed by atoms with Gasteiger partial charge in [-0.2, -0.15) is 0 Å². The third kappa shape index (κ3) is 3.95. The van der Waals surface area contributed by atoms with E-state index >= 15 is 0 Å². The topological polar surface area (TPSA) is 52.6 Å². The standard InChI is InChI=1S/C23H30N2O2/c1-15(2)25-13-12-23(4,5)20-14-18(8-11-21(20)25)16(3)24-19-9-6-17(7-10-19)22(26)27/h6-11,14-16,24H,12-13H2,1-5H3,(H,26,27).